The molecule has 0 spiro atoms. The molecule has 0 unspecified atom stereocenters. The third kappa shape index (κ3) is 2.93. The zero-order valence-electron chi connectivity index (χ0n) is 15.5. The second-order valence-electron chi connectivity index (χ2n) is 7.64. The first-order chi connectivity index (χ1) is 13.2. The highest BCUT2D eigenvalue weighted by Crippen LogP contribution is 2.30. The van der Waals surface area contributed by atoms with Gasteiger partial charge < -0.3 is 0 Å². The molecule has 3 aromatic rings. The van der Waals surface area contributed by atoms with E-state index in [0.717, 1.165) is 42.2 Å². The maximum Gasteiger partial charge on any atom is 0.264 e. The molecule has 8 nitrogen and oxygen atoms in total. The largest absolute Gasteiger partial charge is 0.294 e. The predicted molar refractivity (Wildman–Crippen MR) is 100 cm³/mol. The van der Waals surface area contributed by atoms with Crippen molar-refractivity contribution >= 4 is 11.0 Å². The van der Waals surface area contributed by atoms with Gasteiger partial charge in [-0.2, -0.15) is 5.10 Å². The van der Waals surface area contributed by atoms with Crippen LogP contribution in [0.5, 0.6) is 0 Å². The van der Waals surface area contributed by atoms with Crippen LogP contribution in [0, 0.1) is 6.92 Å². The fourth-order valence-electron chi connectivity index (χ4n) is 4.19. The van der Waals surface area contributed by atoms with Crippen molar-refractivity contribution in [2.45, 2.75) is 58.3 Å². The first-order valence-electron chi connectivity index (χ1n) is 9.66. The van der Waals surface area contributed by atoms with Crippen molar-refractivity contribution < 1.29 is 0 Å². The van der Waals surface area contributed by atoms with E-state index in [-0.39, 0.29) is 5.56 Å². The predicted octanol–water partition coefficient (Wildman–Crippen LogP) is 1.82. The smallest absolute Gasteiger partial charge is 0.264 e. The Morgan fingerprint density at radius 2 is 1.89 bits per heavy atom. The molecule has 2 aliphatic rings. The van der Waals surface area contributed by atoms with E-state index in [1.807, 2.05) is 24.0 Å². The second kappa shape index (κ2) is 6.53. The van der Waals surface area contributed by atoms with Crippen molar-refractivity contribution in [3.63, 3.8) is 0 Å². The highest BCUT2D eigenvalue weighted by Gasteiger charge is 2.25. The van der Waals surface area contributed by atoms with Crippen LogP contribution in [0.3, 0.4) is 0 Å². The van der Waals surface area contributed by atoms with Gasteiger partial charge in [-0.3, -0.25) is 14.3 Å². The summed E-state index contributed by atoms with van der Waals surface area (Å²) in [7, 11) is 0. The fourth-order valence-corrected chi connectivity index (χ4v) is 4.19. The molecule has 3 aromatic heterocycles. The van der Waals surface area contributed by atoms with E-state index in [4.69, 9.17) is 4.98 Å². The van der Waals surface area contributed by atoms with Gasteiger partial charge in [0.2, 0.25) is 0 Å². The molecular weight excluding hydrogens is 342 g/mol. The van der Waals surface area contributed by atoms with Gasteiger partial charge in [-0.15, -0.1) is 0 Å². The molecule has 4 heterocycles. The lowest BCUT2D eigenvalue weighted by molar-refractivity contribution is 0.199. The maximum atomic E-state index is 12.9. The Morgan fingerprint density at radius 1 is 1.11 bits per heavy atom. The Balaban J connectivity index is 1.47. The van der Waals surface area contributed by atoms with Crippen LogP contribution >= 0.6 is 0 Å². The highest BCUT2D eigenvalue weighted by molar-refractivity contribution is 5.73. The van der Waals surface area contributed by atoms with Gasteiger partial charge in [-0.1, -0.05) is 12.8 Å². The average molecular weight is 365 g/mol. The summed E-state index contributed by atoms with van der Waals surface area (Å²) in [5, 5.41) is 5.15. The van der Waals surface area contributed by atoms with Crippen LogP contribution in [-0.2, 0) is 19.6 Å². The zero-order valence-corrected chi connectivity index (χ0v) is 15.5. The number of hydrogen-bond acceptors (Lipinski definition) is 6. The summed E-state index contributed by atoms with van der Waals surface area (Å²) in [4.78, 5) is 28.8. The third-order valence-corrected chi connectivity index (χ3v) is 5.67. The third-order valence-electron chi connectivity index (χ3n) is 5.67. The minimum Gasteiger partial charge on any atom is -0.294 e. The minimum absolute atomic E-state index is 0.0329. The van der Waals surface area contributed by atoms with E-state index in [2.05, 4.69) is 20.0 Å². The lowest BCUT2D eigenvalue weighted by Crippen LogP contribution is -2.40. The van der Waals surface area contributed by atoms with Crippen molar-refractivity contribution in [3.05, 3.63) is 46.2 Å². The van der Waals surface area contributed by atoms with Crippen LogP contribution < -0.4 is 5.56 Å². The number of aryl methyl sites for hydroxylation is 1. The van der Waals surface area contributed by atoms with Crippen LogP contribution in [0.25, 0.3) is 11.0 Å². The Labute approximate surface area is 156 Å². The van der Waals surface area contributed by atoms with Crippen LogP contribution in [-0.4, -0.2) is 40.7 Å². The first kappa shape index (κ1) is 16.6. The van der Waals surface area contributed by atoms with E-state index >= 15 is 0 Å². The summed E-state index contributed by atoms with van der Waals surface area (Å²) >= 11 is 0. The SMILES string of the molecule is Cc1cnc(CN2CCn3c(nc4c(cnn4C4CCCC4)c3=O)C2)nc1. The normalized spacial score (nSPS) is 18.3. The van der Waals surface area contributed by atoms with Gasteiger partial charge in [0.15, 0.2) is 5.65 Å². The van der Waals surface area contributed by atoms with Gasteiger partial charge in [-0.05, 0) is 25.3 Å². The molecule has 0 radical (unpaired) electrons. The van der Waals surface area contributed by atoms with Gasteiger partial charge in [0.05, 0.1) is 25.3 Å². The molecule has 1 saturated carbocycles. The van der Waals surface area contributed by atoms with Crippen LogP contribution in [0.1, 0.15) is 48.9 Å². The molecule has 27 heavy (non-hydrogen) atoms. The molecule has 1 fully saturated rings. The van der Waals surface area contributed by atoms with E-state index in [0.29, 0.717) is 31.1 Å². The molecule has 0 N–H and O–H groups in total. The Bertz CT molecular complexity index is 1030. The van der Waals surface area contributed by atoms with Gasteiger partial charge in [0.1, 0.15) is 17.0 Å². The van der Waals surface area contributed by atoms with Crippen molar-refractivity contribution in [2.24, 2.45) is 0 Å². The number of aromatic nitrogens is 6. The molecule has 1 aliphatic heterocycles. The number of nitrogens with zero attached hydrogens (tertiary/aromatic N) is 7. The first-order valence-corrected chi connectivity index (χ1v) is 9.66. The Morgan fingerprint density at radius 3 is 2.67 bits per heavy atom. The molecule has 140 valence electrons. The maximum absolute atomic E-state index is 12.9. The fraction of sp³-hybridized carbons (Fsp3) is 0.526. The summed E-state index contributed by atoms with van der Waals surface area (Å²) in [6, 6.07) is 0.373. The molecule has 8 heteroatoms. The molecule has 0 atom stereocenters. The molecule has 0 saturated heterocycles. The number of fused-ring (bicyclic) bond motifs is 2. The van der Waals surface area contributed by atoms with E-state index in [1.165, 1.54) is 12.8 Å². The molecule has 0 amide bonds. The molecular formula is C19H23N7O. The summed E-state index contributed by atoms with van der Waals surface area (Å²) in [6.45, 7) is 4.69. The van der Waals surface area contributed by atoms with E-state index in [1.54, 1.807) is 10.8 Å². The lowest BCUT2D eigenvalue weighted by atomic mass is 10.2. The van der Waals surface area contributed by atoms with Gasteiger partial charge in [0, 0.05) is 25.5 Å². The van der Waals surface area contributed by atoms with E-state index in [9.17, 15) is 4.79 Å². The monoisotopic (exact) mass is 365 g/mol. The molecule has 0 aromatic carbocycles. The van der Waals surface area contributed by atoms with Crippen LogP contribution in [0.4, 0.5) is 0 Å². The summed E-state index contributed by atoms with van der Waals surface area (Å²) < 4.78 is 3.78. The summed E-state index contributed by atoms with van der Waals surface area (Å²) in [5.74, 6) is 1.61. The highest BCUT2D eigenvalue weighted by atomic mass is 16.1. The minimum atomic E-state index is 0.0329. The average Bonchev–Trinajstić information content (AvgIpc) is 3.33. The standard InChI is InChI=1S/C19H23N7O/c1-13-8-20-16(21-9-13)11-24-6-7-25-17(12-24)23-18-15(19(25)27)10-22-26(18)14-4-2-3-5-14/h8-10,14H,2-7,11-12H2,1H3. The van der Waals surface area contributed by atoms with Crippen molar-refractivity contribution in [1.29, 1.82) is 0 Å². The van der Waals surface area contributed by atoms with Crippen LogP contribution in [0.2, 0.25) is 0 Å². The zero-order chi connectivity index (χ0) is 18.4. The second-order valence-corrected chi connectivity index (χ2v) is 7.64. The summed E-state index contributed by atoms with van der Waals surface area (Å²) in [5.41, 5.74) is 1.83. The van der Waals surface area contributed by atoms with Crippen molar-refractivity contribution in [1.82, 2.24) is 34.2 Å². The van der Waals surface area contributed by atoms with Gasteiger partial charge >= 0.3 is 0 Å². The van der Waals surface area contributed by atoms with Crippen molar-refractivity contribution in [3.8, 4) is 0 Å². The Hall–Kier alpha value is -2.61. The Kier molecular flexibility index (Phi) is 4.00. The summed E-state index contributed by atoms with van der Waals surface area (Å²) in [6.07, 6.45) is 10.1. The topological polar surface area (TPSA) is 81.7 Å². The number of rotatable bonds is 3. The van der Waals surface area contributed by atoms with Gasteiger partial charge in [0.25, 0.3) is 5.56 Å². The van der Waals surface area contributed by atoms with Gasteiger partial charge in [-0.25, -0.2) is 19.6 Å². The quantitative estimate of drug-likeness (QED) is 0.704. The van der Waals surface area contributed by atoms with E-state index < -0.39 is 0 Å². The lowest BCUT2D eigenvalue weighted by Gasteiger charge is -2.28. The van der Waals surface area contributed by atoms with Crippen molar-refractivity contribution in [2.75, 3.05) is 6.54 Å². The molecule has 1 aliphatic carbocycles. The molecule has 0 bridgehead atoms. The van der Waals surface area contributed by atoms with Crippen LogP contribution in [0.15, 0.2) is 23.4 Å². The number of hydrogen-bond donors (Lipinski definition) is 0. The molecule has 5 rings (SSSR count).